The number of nitrogens with one attached hydrogen (secondary N) is 1. The average Bonchev–Trinajstić information content (AvgIpc) is 2.90. The first-order valence-electron chi connectivity index (χ1n) is 12.5. The van der Waals surface area contributed by atoms with Crippen molar-refractivity contribution in [2.24, 2.45) is 0 Å². The molecule has 3 rings (SSSR count). The van der Waals surface area contributed by atoms with E-state index in [0.29, 0.717) is 30.8 Å². The molecule has 0 saturated heterocycles. The molecule has 0 spiro atoms. The molecule has 3 aromatic rings. The molecule has 1 N–H and O–H groups in total. The number of ether oxygens (including phenoxy) is 2. The third kappa shape index (κ3) is 8.63. The molecule has 0 aliphatic rings. The van der Waals surface area contributed by atoms with Crippen LogP contribution in [0.2, 0.25) is 0 Å². The van der Waals surface area contributed by atoms with E-state index in [9.17, 15) is 14.0 Å². The van der Waals surface area contributed by atoms with Crippen LogP contribution in [0.25, 0.3) is 0 Å². The van der Waals surface area contributed by atoms with Crippen molar-refractivity contribution >= 4 is 11.8 Å². The van der Waals surface area contributed by atoms with E-state index in [0.717, 1.165) is 11.3 Å². The fourth-order valence-electron chi connectivity index (χ4n) is 3.97. The Morgan fingerprint density at radius 3 is 2.22 bits per heavy atom. The second-order valence-corrected chi connectivity index (χ2v) is 9.11. The topological polar surface area (TPSA) is 67.9 Å². The number of carbonyl (C=O) groups is 2. The third-order valence-electron chi connectivity index (χ3n) is 5.86. The summed E-state index contributed by atoms with van der Waals surface area (Å²) in [4.78, 5) is 28.3. The lowest BCUT2D eigenvalue weighted by atomic mass is 10.0. The zero-order chi connectivity index (χ0) is 26.6. The molecule has 0 saturated carbocycles. The van der Waals surface area contributed by atoms with Crippen molar-refractivity contribution in [1.29, 1.82) is 0 Å². The van der Waals surface area contributed by atoms with Gasteiger partial charge in [-0.3, -0.25) is 9.59 Å². The summed E-state index contributed by atoms with van der Waals surface area (Å²) in [5.41, 5.74) is 1.28. The number of carbonyl (C=O) groups excluding carboxylic acids is 2. The van der Waals surface area contributed by atoms with E-state index in [4.69, 9.17) is 9.47 Å². The first kappa shape index (κ1) is 27.7. The van der Waals surface area contributed by atoms with Gasteiger partial charge in [0.05, 0.1) is 13.7 Å². The summed E-state index contributed by atoms with van der Waals surface area (Å²) < 4.78 is 25.5. The van der Waals surface area contributed by atoms with Crippen molar-refractivity contribution in [1.82, 2.24) is 10.2 Å². The molecule has 1 unspecified atom stereocenters. The molecule has 3 aromatic carbocycles. The minimum atomic E-state index is -0.792. The van der Waals surface area contributed by atoms with E-state index in [1.165, 1.54) is 11.0 Å². The highest BCUT2D eigenvalue weighted by atomic mass is 19.1. The Morgan fingerprint density at radius 1 is 0.919 bits per heavy atom. The van der Waals surface area contributed by atoms with Crippen LogP contribution in [0.15, 0.2) is 78.9 Å². The van der Waals surface area contributed by atoms with Gasteiger partial charge < -0.3 is 19.7 Å². The molecule has 0 aliphatic carbocycles. The van der Waals surface area contributed by atoms with Crippen LogP contribution in [0, 0.1) is 5.82 Å². The van der Waals surface area contributed by atoms with Crippen LogP contribution in [-0.2, 0) is 22.6 Å². The van der Waals surface area contributed by atoms with E-state index in [2.05, 4.69) is 5.32 Å². The monoisotopic (exact) mass is 506 g/mol. The standard InChI is InChI=1S/C30H35FN2O4/c1-22(2)32-30(35)28(20-23-10-5-4-6-11-23)33(21-24-12-7-8-13-27(24)31)29(34)14-9-19-37-26-17-15-25(36-3)16-18-26/h4-8,10-13,15-18,22,28H,9,14,19-21H2,1-3H3,(H,32,35). The summed E-state index contributed by atoms with van der Waals surface area (Å²) in [5, 5.41) is 2.94. The number of nitrogens with zero attached hydrogens (tertiary/aromatic N) is 1. The Balaban J connectivity index is 1.77. The largest absolute Gasteiger partial charge is 0.497 e. The molecule has 0 heterocycles. The third-order valence-corrected chi connectivity index (χ3v) is 5.86. The number of hydrogen-bond acceptors (Lipinski definition) is 4. The molecular formula is C30H35FN2O4. The van der Waals surface area contributed by atoms with Gasteiger partial charge in [0, 0.05) is 31.0 Å². The second kappa shape index (κ2) is 14.0. The van der Waals surface area contributed by atoms with Gasteiger partial charge in [-0.1, -0.05) is 48.5 Å². The van der Waals surface area contributed by atoms with Gasteiger partial charge in [0.1, 0.15) is 23.4 Å². The van der Waals surface area contributed by atoms with Crippen LogP contribution in [0.1, 0.15) is 37.8 Å². The lowest BCUT2D eigenvalue weighted by molar-refractivity contribution is -0.141. The van der Waals surface area contributed by atoms with Crippen molar-refractivity contribution in [2.75, 3.05) is 13.7 Å². The first-order valence-corrected chi connectivity index (χ1v) is 12.5. The Kier molecular flexibility index (Phi) is 10.5. The molecule has 0 bridgehead atoms. The second-order valence-electron chi connectivity index (χ2n) is 9.11. The van der Waals surface area contributed by atoms with Gasteiger partial charge in [-0.15, -0.1) is 0 Å². The predicted octanol–water partition coefficient (Wildman–Crippen LogP) is 5.16. The molecule has 0 radical (unpaired) electrons. The Morgan fingerprint density at radius 2 is 1.57 bits per heavy atom. The highest BCUT2D eigenvalue weighted by molar-refractivity contribution is 5.88. The van der Waals surface area contributed by atoms with Crippen molar-refractivity contribution in [2.45, 2.75) is 51.7 Å². The molecule has 7 heteroatoms. The van der Waals surface area contributed by atoms with Gasteiger partial charge in [-0.2, -0.15) is 0 Å². The molecule has 196 valence electrons. The summed E-state index contributed by atoms with van der Waals surface area (Å²) in [7, 11) is 1.60. The minimum absolute atomic E-state index is 0.00609. The van der Waals surface area contributed by atoms with Gasteiger partial charge in [0.2, 0.25) is 11.8 Å². The van der Waals surface area contributed by atoms with Gasteiger partial charge in [-0.05, 0) is 56.2 Å². The van der Waals surface area contributed by atoms with Crippen LogP contribution in [0.3, 0.4) is 0 Å². The zero-order valence-electron chi connectivity index (χ0n) is 21.7. The summed E-state index contributed by atoms with van der Waals surface area (Å²) in [6, 6.07) is 22.2. The maximum atomic E-state index is 14.6. The Labute approximate surface area is 218 Å². The van der Waals surface area contributed by atoms with E-state index in [1.54, 1.807) is 49.6 Å². The van der Waals surface area contributed by atoms with E-state index >= 15 is 0 Å². The van der Waals surface area contributed by atoms with Gasteiger partial charge in [-0.25, -0.2) is 4.39 Å². The van der Waals surface area contributed by atoms with E-state index < -0.39 is 11.9 Å². The summed E-state index contributed by atoms with van der Waals surface area (Å²) in [6.07, 6.45) is 0.926. The minimum Gasteiger partial charge on any atom is -0.497 e. The number of amides is 2. The Bertz CT molecular complexity index is 1140. The van der Waals surface area contributed by atoms with Crippen LogP contribution in [-0.4, -0.2) is 42.5 Å². The number of halogens is 1. The van der Waals surface area contributed by atoms with E-state index in [1.807, 2.05) is 44.2 Å². The van der Waals surface area contributed by atoms with Crippen molar-refractivity contribution in [3.63, 3.8) is 0 Å². The molecule has 2 amide bonds. The highest BCUT2D eigenvalue weighted by Gasteiger charge is 2.31. The fraction of sp³-hybridized carbons (Fsp3) is 0.333. The maximum absolute atomic E-state index is 14.6. The highest BCUT2D eigenvalue weighted by Crippen LogP contribution is 2.20. The van der Waals surface area contributed by atoms with Crippen LogP contribution in [0.5, 0.6) is 11.5 Å². The number of hydrogen-bond donors (Lipinski definition) is 1. The predicted molar refractivity (Wildman–Crippen MR) is 142 cm³/mol. The summed E-state index contributed by atoms with van der Waals surface area (Å²) in [6.45, 7) is 4.06. The number of rotatable bonds is 13. The number of methoxy groups -OCH3 is 1. The summed E-state index contributed by atoms with van der Waals surface area (Å²) in [5.74, 6) is 0.496. The normalized spacial score (nSPS) is 11.6. The molecule has 1 atom stereocenters. The van der Waals surface area contributed by atoms with Gasteiger partial charge >= 0.3 is 0 Å². The zero-order valence-corrected chi connectivity index (χ0v) is 21.7. The van der Waals surface area contributed by atoms with Crippen molar-refractivity contribution in [3.05, 3.63) is 95.8 Å². The quantitative estimate of drug-likeness (QED) is 0.325. The van der Waals surface area contributed by atoms with Gasteiger partial charge in [0.25, 0.3) is 0 Å². The Hall–Kier alpha value is -3.87. The van der Waals surface area contributed by atoms with Crippen LogP contribution < -0.4 is 14.8 Å². The fourth-order valence-corrected chi connectivity index (χ4v) is 3.97. The lowest BCUT2D eigenvalue weighted by Crippen LogP contribution is -2.51. The first-order chi connectivity index (χ1) is 17.9. The molecule has 6 nitrogen and oxygen atoms in total. The summed E-state index contributed by atoms with van der Waals surface area (Å²) >= 11 is 0. The van der Waals surface area contributed by atoms with Crippen LogP contribution in [0.4, 0.5) is 4.39 Å². The molecule has 0 aromatic heterocycles. The molecule has 0 fully saturated rings. The average molecular weight is 507 g/mol. The molecule has 37 heavy (non-hydrogen) atoms. The lowest BCUT2D eigenvalue weighted by Gasteiger charge is -2.32. The van der Waals surface area contributed by atoms with E-state index in [-0.39, 0.29) is 30.8 Å². The molecular weight excluding hydrogens is 471 g/mol. The smallest absolute Gasteiger partial charge is 0.243 e. The van der Waals surface area contributed by atoms with Crippen molar-refractivity contribution in [3.8, 4) is 11.5 Å². The SMILES string of the molecule is COc1ccc(OCCCC(=O)N(Cc2ccccc2F)C(Cc2ccccc2)C(=O)NC(C)C)cc1. The number of benzene rings is 3. The van der Waals surface area contributed by atoms with Crippen molar-refractivity contribution < 1.29 is 23.5 Å². The van der Waals surface area contributed by atoms with Gasteiger partial charge in [0.15, 0.2) is 0 Å². The maximum Gasteiger partial charge on any atom is 0.243 e. The van der Waals surface area contributed by atoms with Crippen LogP contribution >= 0.6 is 0 Å². The molecule has 0 aliphatic heterocycles.